The molecule has 0 aromatic rings. The molecule has 0 heterocycles. The molecule has 4 unspecified atom stereocenters. The van der Waals surface area contributed by atoms with Crippen molar-refractivity contribution in [3.05, 3.63) is 36.5 Å². The van der Waals surface area contributed by atoms with Gasteiger partial charge in [-0.25, -0.2) is 0 Å². The van der Waals surface area contributed by atoms with Crippen molar-refractivity contribution in [3.63, 3.8) is 0 Å². The van der Waals surface area contributed by atoms with E-state index in [2.05, 4.69) is 55.6 Å². The third-order valence-electron chi connectivity index (χ3n) is 10.6. The van der Waals surface area contributed by atoms with Crippen LogP contribution in [0.15, 0.2) is 36.5 Å². The van der Waals surface area contributed by atoms with Gasteiger partial charge in [0.05, 0.1) is 18.8 Å². The minimum Gasteiger partial charge on any atom is -0.394 e. The summed E-state index contributed by atoms with van der Waals surface area (Å²) in [6.07, 6.45) is 49.1. The van der Waals surface area contributed by atoms with E-state index in [-0.39, 0.29) is 0 Å². The SMILES string of the molecule is CCCCCCCCCCCCCCCC/C=C/CC/C=C/CC/C=C/CCCC(O)C(O)C(CO)NC(=O)C(O)CCCCCCCCCCCC. The standard InChI is InChI=1S/C47H89NO5/c1-3-5-7-9-11-13-15-16-17-18-19-20-21-22-23-24-25-26-27-28-29-30-31-33-34-36-38-40-44(50)46(52)43(42-49)48-47(53)45(51)41-39-37-35-32-14-12-10-8-6-4-2/h24-25,28-29,33-34,43-46,49-52H,3-23,26-27,30-32,35-42H2,1-2H3,(H,48,53)/b25-24+,29-28+,34-33+. The first kappa shape index (κ1) is 51.5. The number of nitrogens with one attached hydrogen (secondary N) is 1. The van der Waals surface area contributed by atoms with Crippen LogP contribution in [-0.2, 0) is 4.79 Å². The van der Waals surface area contributed by atoms with Gasteiger partial charge in [-0.2, -0.15) is 0 Å². The molecule has 4 atom stereocenters. The number of carbonyl (C=O) groups is 1. The summed E-state index contributed by atoms with van der Waals surface area (Å²) < 4.78 is 0. The van der Waals surface area contributed by atoms with E-state index in [0.717, 1.165) is 51.4 Å². The molecule has 0 saturated carbocycles. The molecule has 0 aliphatic heterocycles. The highest BCUT2D eigenvalue weighted by Gasteiger charge is 2.28. The molecule has 53 heavy (non-hydrogen) atoms. The third-order valence-corrected chi connectivity index (χ3v) is 10.6. The predicted octanol–water partition coefficient (Wildman–Crippen LogP) is 12.1. The van der Waals surface area contributed by atoms with E-state index >= 15 is 0 Å². The van der Waals surface area contributed by atoms with E-state index in [4.69, 9.17) is 0 Å². The van der Waals surface area contributed by atoms with Crippen molar-refractivity contribution in [1.29, 1.82) is 0 Å². The van der Waals surface area contributed by atoms with Crippen molar-refractivity contribution in [3.8, 4) is 0 Å². The molecular weight excluding hydrogens is 659 g/mol. The van der Waals surface area contributed by atoms with Crippen molar-refractivity contribution < 1.29 is 25.2 Å². The van der Waals surface area contributed by atoms with E-state index < -0.39 is 36.9 Å². The highest BCUT2D eigenvalue weighted by atomic mass is 16.3. The Kier molecular flexibility index (Phi) is 40.5. The van der Waals surface area contributed by atoms with Crippen LogP contribution in [0.5, 0.6) is 0 Å². The zero-order chi connectivity index (χ0) is 38.9. The van der Waals surface area contributed by atoms with Gasteiger partial charge in [0.1, 0.15) is 12.2 Å². The summed E-state index contributed by atoms with van der Waals surface area (Å²) in [6, 6.07) is -1.01. The number of aliphatic hydroxyl groups is 4. The Morgan fingerprint density at radius 2 is 0.792 bits per heavy atom. The van der Waals surface area contributed by atoms with Gasteiger partial charge in [0.25, 0.3) is 0 Å². The maximum atomic E-state index is 12.4. The monoisotopic (exact) mass is 748 g/mol. The summed E-state index contributed by atoms with van der Waals surface area (Å²) in [6.45, 7) is 4.01. The number of carbonyl (C=O) groups excluding carboxylic acids is 1. The minimum absolute atomic E-state index is 0.359. The van der Waals surface area contributed by atoms with Crippen LogP contribution in [0.4, 0.5) is 0 Å². The smallest absolute Gasteiger partial charge is 0.249 e. The lowest BCUT2D eigenvalue weighted by Crippen LogP contribution is -2.53. The molecule has 0 aliphatic carbocycles. The van der Waals surface area contributed by atoms with Crippen molar-refractivity contribution in [1.82, 2.24) is 5.32 Å². The van der Waals surface area contributed by atoms with Crippen molar-refractivity contribution in [2.45, 2.75) is 250 Å². The van der Waals surface area contributed by atoms with Crippen molar-refractivity contribution in [2.24, 2.45) is 0 Å². The Balaban J connectivity index is 3.75. The topological polar surface area (TPSA) is 110 Å². The molecule has 0 aliphatic rings. The van der Waals surface area contributed by atoms with E-state index in [1.54, 1.807) is 0 Å². The fourth-order valence-electron chi connectivity index (χ4n) is 6.91. The van der Waals surface area contributed by atoms with Gasteiger partial charge >= 0.3 is 0 Å². The Labute approximate surface area is 328 Å². The van der Waals surface area contributed by atoms with Gasteiger partial charge in [0, 0.05) is 0 Å². The summed E-state index contributed by atoms with van der Waals surface area (Å²) in [5.41, 5.74) is 0. The molecule has 0 fully saturated rings. The van der Waals surface area contributed by atoms with E-state index in [1.807, 2.05) is 0 Å². The van der Waals surface area contributed by atoms with Crippen LogP contribution < -0.4 is 5.32 Å². The molecule has 0 radical (unpaired) electrons. The Morgan fingerprint density at radius 3 is 1.19 bits per heavy atom. The highest BCUT2D eigenvalue weighted by molar-refractivity contribution is 5.80. The van der Waals surface area contributed by atoms with Gasteiger partial charge in [0.2, 0.25) is 5.91 Å². The van der Waals surface area contributed by atoms with Gasteiger partial charge in [-0.05, 0) is 64.2 Å². The zero-order valence-corrected chi connectivity index (χ0v) is 35.0. The largest absolute Gasteiger partial charge is 0.394 e. The molecule has 6 heteroatoms. The molecule has 5 N–H and O–H groups in total. The van der Waals surface area contributed by atoms with Crippen LogP contribution in [0, 0.1) is 0 Å². The predicted molar refractivity (Wildman–Crippen MR) is 228 cm³/mol. The maximum absolute atomic E-state index is 12.4. The fraction of sp³-hybridized carbons (Fsp3) is 0.851. The van der Waals surface area contributed by atoms with E-state index in [1.165, 1.54) is 141 Å². The second-order valence-corrected chi connectivity index (χ2v) is 15.7. The summed E-state index contributed by atoms with van der Waals surface area (Å²) in [5, 5.41) is 43.5. The van der Waals surface area contributed by atoms with Gasteiger partial charge in [-0.1, -0.05) is 198 Å². The van der Waals surface area contributed by atoms with Crippen molar-refractivity contribution >= 4 is 5.91 Å². The second-order valence-electron chi connectivity index (χ2n) is 15.7. The van der Waals surface area contributed by atoms with E-state index in [0.29, 0.717) is 19.3 Å². The van der Waals surface area contributed by atoms with Gasteiger partial charge in [-0.3, -0.25) is 4.79 Å². The second kappa shape index (κ2) is 41.7. The molecule has 0 saturated heterocycles. The van der Waals surface area contributed by atoms with Crippen LogP contribution in [0.2, 0.25) is 0 Å². The lowest BCUT2D eigenvalue weighted by molar-refractivity contribution is -0.132. The maximum Gasteiger partial charge on any atom is 0.249 e. The molecule has 0 rings (SSSR count). The van der Waals surface area contributed by atoms with Crippen LogP contribution in [0.25, 0.3) is 0 Å². The Morgan fingerprint density at radius 1 is 0.453 bits per heavy atom. The number of aliphatic hydroxyl groups excluding tert-OH is 4. The van der Waals surface area contributed by atoms with E-state index in [9.17, 15) is 25.2 Å². The average Bonchev–Trinajstić information content (AvgIpc) is 3.16. The molecule has 0 aromatic carbocycles. The van der Waals surface area contributed by atoms with Gasteiger partial charge in [0.15, 0.2) is 0 Å². The van der Waals surface area contributed by atoms with Gasteiger partial charge < -0.3 is 25.7 Å². The number of rotatable bonds is 41. The normalized spacial score (nSPS) is 14.5. The molecule has 0 spiro atoms. The van der Waals surface area contributed by atoms with Crippen LogP contribution in [0.3, 0.4) is 0 Å². The summed E-state index contributed by atoms with van der Waals surface area (Å²) in [7, 11) is 0. The van der Waals surface area contributed by atoms with Crippen LogP contribution >= 0.6 is 0 Å². The van der Waals surface area contributed by atoms with Crippen LogP contribution in [-0.4, -0.2) is 57.3 Å². The lowest BCUT2D eigenvalue weighted by atomic mass is 10.00. The molecule has 6 nitrogen and oxygen atoms in total. The molecule has 0 bridgehead atoms. The first-order valence-corrected chi connectivity index (χ1v) is 22.9. The summed E-state index contributed by atoms with van der Waals surface area (Å²) in [5.74, 6) is -0.602. The number of amides is 1. The zero-order valence-electron chi connectivity index (χ0n) is 35.0. The molecular formula is C47H89NO5. The van der Waals surface area contributed by atoms with Gasteiger partial charge in [-0.15, -0.1) is 0 Å². The minimum atomic E-state index is -1.29. The first-order chi connectivity index (χ1) is 26.0. The first-order valence-electron chi connectivity index (χ1n) is 22.9. The quantitative estimate of drug-likeness (QED) is 0.0316. The molecule has 0 aromatic heterocycles. The number of allylic oxidation sites excluding steroid dienone is 6. The highest BCUT2D eigenvalue weighted by Crippen LogP contribution is 2.15. The Hall–Kier alpha value is -1.47. The number of unbranched alkanes of at least 4 members (excludes halogenated alkanes) is 26. The van der Waals surface area contributed by atoms with Crippen LogP contribution in [0.1, 0.15) is 226 Å². The fourth-order valence-corrected chi connectivity index (χ4v) is 6.91. The summed E-state index contributed by atoms with van der Waals surface area (Å²) in [4.78, 5) is 12.4. The number of hydrogen-bond donors (Lipinski definition) is 5. The average molecular weight is 748 g/mol. The third kappa shape index (κ3) is 36.0. The Bertz CT molecular complexity index is 843. The molecule has 312 valence electrons. The molecule has 1 amide bonds. The van der Waals surface area contributed by atoms with Crippen molar-refractivity contribution in [2.75, 3.05) is 6.61 Å². The summed E-state index contributed by atoms with van der Waals surface area (Å²) >= 11 is 0. The number of hydrogen-bond acceptors (Lipinski definition) is 5. The lowest BCUT2D eigenvalue weighted by Gasteiger charge is -2.27.